The summed E-state index contributed by atoms with van der Waals surface area (Å²) in [6, 6.07) is 8.52. The predicted octanol–water partition coefficient (Wildman–Crippen LogP) is 3.58. The number of carbonyl (C=O) groups is 1. The van der Waals surface area contributed by atoms with Crippen molar-refractivity contribution in [1.82, 2.24) is 29.7 Å². The smallest absolute Gasteiger partial charge is 0.317 e. The highest BCUT2D eigenvalue weighted by Crippen LogP contribution is 2.44. The number of benzene rings is 1. The molecule has 8 nitrogen and oxygen atoms in total. The van der Waals surface area contributed by atoms with Crippen LogP contribution in [0.2, 0.25) is 0 Å². The van der Waals surface area contributed by atoms with Crippen molar-refractivity contribution in [3.63, 3.8) is 0 Å². The molecule has 4 atom stereocenters. The predicted molar refractivity (Wildman–Crippen MR) is 121 cm³/mol. The molecule has 0 unspecified atom stereocenters. The van der Waals surface area contributed by atoms with E-state index >= 15 is 0 Å². The molecule has 1 aliphatic carbocycles. The van der Waals surface area contributed by atoms with E-state index in [1.807, 2.05) is 24.8 Å². The number of nitrogens with one attached hydrogen (secondary N) is 1. The lowest BCUT2D eigenvalue weighted by Crippen LogP contribution is -2.41. The van der Waals surface area contributed by atoms with Gasteiger partial charge in [0.05, 0.1) is 23.3 Å². The topological polar surface area (TPSA) is 85.2 Å². The standard InChI is InChI=1S/C24H30N6O2/c1-15(2)27-24(31)29-13-17-10-21(30-16(3)28-19-6-4-5-7-20(19)30)22(11-18(17)14-29)32-23-12-25-8-9-26-23/h4-9,12,15,17-18,21-22H,10-11,13-14H2,1-3H3,(H,27,31)/t17-,18+,21-,22-/m0/s1. The van der Waals surface area contributed by atoms with Gasteiger partial charge in [0.1, 0.15) is 11.9 Å². The molecule has 2 aromatic heterocycles. The number of likely N-dealkylation sites (tertiary alicyclic amines) is 1. The third-order valence-corrected chi connectivity index (χ3v) is 6.70. The SMILES string of the molecule is Cc1nc2ccccc2n1[C@H]1C[C@H]2CN(C(=O)NC(C)C)C[C@H]2C[C@@H]1Oc1cnccn1. The zero-order valence-electron chi connectivity index (χ0n) is 18.8. The van der Waals surface area contributed by atoms with E-state index < -0.39 is 0 Å². The highest BCUT2D eigenvalue weighted by Gasteiger charge is 2.45. The number of hydrogen-bond acceptors (Lipinski definition) is 5. The van der Waals surface area contributed by atoms with Gasteiger partial charge in [-0.3, -0.25) is 4.98 Å². The Hall–Kier alpha value is -3.16. The number of rotatable bonds is 4. The summed E-state index contributed by atoms with van der Waals surface area (Å²) in [7, 11) is 0. The number of carbonyl (C=O) groups excluding carboxylic acids is 1. The van der Waals surface area contributed by atoms with Crippen LogP contribution in [0, 0.1) is 18.8 Å². The van der Waals surface area contributed by atoms with E-state index in [4.69, 9.17) is 9.72 Å². The Balaban J connectivity index is 1.46. The molecule has 2 aliphatic rings. The number of imidazole rings is 1. The fraction of sp³-hybridized carbons (Fsp3) is 0.500. The second-order valence-electron chi connectivity index (χ2n) is 9.29. The molecule has 1 saturated heterocycles. The fourth-order valence-electron chi connectivity index (χ4n) is 5.38. The van der Waals surface area contributed by atoms with Crippen molar-refractivity contribution in [2.45, 2.75) is 51.8 Å². The lowest BCUT2D eigenvalue weighted by molar-refractivity contribution is 0.0519. The third-order valence-electron chi connectivity index (χ3n) is 6.70. The van der Waals surface area contributed by atoms with Crippen LogP contribution in [0.1, 0.15) is 38.6 Å². The second-order valence-corrected chi connectivity index (χ2v) is 9.29. The van der Waals surface area contributed by atoms with Gasteiger partial charge in [-0.25, -0.2) is 14.8 Å². The summed E-state index contributed by atoms with van der Waals surface area (Å²) in [4.78, 5) is 27.9. The summed E-state index contributed by atoms with van der Waals surface area (Å²) in [5, 5.41) is 3.04. The van der Waals surface area contributed by atoms with E-state index in [0.29, 0.717) is 17.7 Å². The van der Waals surface area contributed by atoms with Gasteiger partial charge >= 0.3 is 6.03 Å². The van der Waals surface area contributed by atoms with Crippen molar-refractivity contribution in [3.8, 4) is 5.88 Å². The van der Waals surface area contributed by atoms with Gasteiger partial charge in [-0.15, -0.1) is 0 Å². The van der Waals surface area contributed by atoms with Crippen LogP contribution in [0.3, 0.4) is 0 Å². The third kappa shape index (κ3) is 3.89. The van der Waals surface area contributed by atoms with Gasteiger partial charge in [0.2, 0.25) is 5.88 Å². The molecule has 1 aliphatic heterocycles. The fourth-order valence-corrected chi connectivity index (χ4v) is 5.38. The van der Waals surface area contributed by atoms with Gasteiger partial charge in [-0.2, -0.15) is 0 Å². The average molecular weight is 435 g/mol. The molecule has 8 heteroatoms. The molecule has 32 heavy (non-hydrogen) atoms. The average Bonchev–Trinajstić information content (AvgIpc) is 3.33. The molecule has 168 valence electrons. The van der Waals surface area contributed by atoms with Crippen molar-refractivity contribution >= 4 is 17.1 Å². The normalized spacial score (nSPS) is 25.2. The first kappa shape index (κ1) is 20.7. The first-order valence-corrected chi connectivity index (χ1v) is 11.4. The molecule has 0 radical (unpaired) electrons. The molecule has 3 heterocycles. The Labute approximate surface area is 188 Å². The van der Waals surface area contributed by atoms with Crippen molar-refractivity contribution in [3.05, 3.63) is 48.7 Å². The van der Waals surface area contributed by atoms with Crippen molar-refractivity contribution in [2.75, 3.05) is 13.1 Å². The number of fused-ring (bicyclic) bond motifs is 2. The summed E-state index contributed by atoms with van der Waals surface area (Å²) in [5.41, 5.74) is 2.11. The largest absolute Gasteiger partial charge is 0.471 e. The minimum atomic E-state index is -0.0719. The van der Waals surface area contributed by atoms with Gasteiger partial charge in [-0.05, 0) is 57.6 Å². The number of aromatic nitrogens is 4. The van der Waals surface area contributed by atoms with E-state index in [0.717, 1.165) is 42.8 Å². The van der Waals surface area contributed by atoms with Crippen LogP contribution < -0.4 is 10.1 Å². The van der Waals surface area contributed by atoms with Crippen LogP contribution in [0.4, 0.5) is 4.79 Å². The van der Waals surface area contributed by atoms with E-state index in [9.17, 15) is 4.79 Å². The summed E-state index contributed by atoms with van der Waals surface area (Å²) in [6.07, 6.45) is 6.69. The monoisotopic (exact) mass is 434 g/mol. The highest BCUT2D eigenvalue weighted by molar-refractivity contribution is 5.76. The maximum Gasteiger partial charge on any atom is 0.317 e. The number of hydrogen-bond donors (Lipinski definition) is 1. The van der Waals surface area contributed by atoms with Gasteiger partial charge < -0.3 is 19.5 Å². The maximum atomic E-state index is 12.7. The molecular formula is C24H30N6O2. The van der Waals surface area contributed by atoms with Crippen molar-refractivity contribution < 1.29 is 9.53 Å². The number of amides is 2. The molecule has 1 N–H and O–H groups in total. The zero-order valence-corrected chi connectivity index (χ0v) is 18.8. The number of nitrogens with zero attached hydrogens (tertiary/aromatic N) is 5. The van der Waals surface area contributed by atoms with Gasteiger partial charge in [0.25, 0.3) is 0 Å². The quantitative estimate of drug-likeness (QED) is 0.678. The highest BCUT2D eigenvalue weighted by atomic mass is 16.5. The molecular weight excluding hydrogens is 404 g/mol. The Kier molecular flexibility index (Phi) is 5.45. The van der Waals surface area contributed by atoms with Crippen LogP contribution >= 0.6 is 0 Å². The lowest BCUT2D eigenvalue weighted by atomic mass is 9.77. The van der Waals surface area contributed by atoms with Crippen LogP contribution in [0.25, 0.3) is 11.0 Å². The minimum absolute atomic E-state index is 0.0293. The van der Waals surface area contributed by atoms with Crippen LogP contribution in [-0.4, -0.2) is 55.7 Å². The van der Waals surface area contributed by atoms with Crippen molar-refractivity contribution in [2.24, 2.45) is 11.8 Å². The van der Waals surface area contributed by atoms with E-state index in [1.54, 1.807) is 18.6 Å². The number of ether oxygens (including phenoxy) is 1. The second kappa shape index (κ2) is 8.41. The van der Waals surface area contributed by atoms with E-state index in [-0.39, 0.29) is 24.2 Å². The minimum Gasteiger partial charge on any atom is -0.471 e. The molecule has 2 fully saturated rings. The Morgan fingerprint density at radius 3 is 2.69 bits per heavy atom. The Morgan fingerprint density at radius 1 is 1.16 bits per heavy atom. The summed E-state index contributed by atoms with van der Waals surface area (Å²) in [5.74, 6) is 2.35. The number of aryl methyl sites for hydroxylation is 1. The molecule has 0 spiro atoms. The molecule has 5 rings (SSSR count). The first-order valence-electron chi connectivity index (χ1n) is 11.4. The molecule has 3 aromatic rings. The number of para-hydroxylation sites is 2. The van der Waals surface area contributed by atoms with Gasteiger partial charge in [0.15, 0.2) is 0 Å². The molecule has 1 saturated carbocycles. The molecule has 2 amide bonds. The van der Waals surface area contributed by atoms with E-state index in [1.165, 1.54) is 0 Å². The Bertz CT molecular complexity index is 1100. The van der Waals surface area contributed by atoms with Crippen LogP contribution in [-0.2, 0) is 0 Å². The van der Waals surface area contributed by atoms with Crippen molar-refractivity contribution in [1.29, 1.82) is 0 Å². The number of urea groups is 1. The van der Waals surface area contributed by atoms with Crippen LogP contribution in [0.5, 0.6) is 5.88 Å². The lowest BCUT2D eigenvalue weighted by Gasteiger charge is -2.39. The maximum absolute atomic E-state index is 12.7. The van der Waals surface area contributed by atoms with E-state index in [2.05, 4.69) is 45.0 Å². The molecule has 1 aromatic carbocycles. The molecule has 0 bridgehead atoms. The summed E-state index contributed by atoms with van der Waals surface area (Å²) >= 11 is 0. The first-order chi connectivity index (χ1) is 15.5. The zero-order chi connectivity index (χ0) is 22.2. The summed E-state index contributed by atoms with van der Waals surface area (Å²) in [6.45, 7) is 7.59. The van der Waals surface area contributed by atoms with Crippen LogP contribution in [0.15, 0.2) is 42.9 Å². The summed E-state index contributed by atoms with van der Waals surface area (Å²) < 4.78 is 8.75. The van der Waals surface area contributed by atoms with Gasteiger partial charge in [0, 0.05) is 31.5 Å². The van der Waals surface area contributed by atoms with Gasteiger partial charge in [-0.1, -0.05) is 12.1 Å². The Morgan fingerprint density at radius 2 is 1.94 bits per heavy atom.